The van der Waals surface area contributed by atoms with Crippen molar-refractivity contribution >= 4 is 12.2 Å². The number of aryl methyl sites for hydroxylation is 1. The van der Waals surface area contributed by atoms with Crippen LogP contribution in [-0.2, 0) is 0 Å². The zero-order valence-corrected chi connectivity index (χ0v) is 10.6. The molecule has 0 spiro atoms. The molecule has 0 heterocycles. The van der Waals surface area contributed by atoms with E-state index in [0.717, 1.165) is 11.1 Å². The molecular weight excluding hydrogens is 224 g/mol. The van der Waals surface area contributed by atoms with Crippen molar-refractivity contribution in [3.05, 3.63) is 59.2 Å². The van der Waals surface area contributed by atoms with Crippen LogP contribution in [0.1, 0.15) is 16.7 Å². The van der Waals surface area contributed by atoms with Crippen molar-refractivity contribution in [2.24, 2.45) is 0 Å². The van der Waals surface area contributed by atoms with Crippen LogP contribution in [-0.4, -0.2) is 12.2 Å². The minimum atomic E-state index is 0.156. The molecule has 0 fully saturated rings. The third-order valence-electron chi connectivity index (χ3n) is 2.71. The van der Waals surface area contributed by atoms with Crippen molar-refractivity contribution in [3.63, 3.8) is 0 Å². The van der Waals surface area contributed by atoms with Crippen molar-refractivity contribution in [2.75, 3.05) is 7.11 Å². The Kier molecular flexibility index (Phi) is 3.68. The molecule has 0 saturated heterocycles. The second-order valence-corrected chi connectivity index (χ2v) is 4.18. The smallest absolute Gasteiger partial charge is 0.160 e. The van der Waals surface area contributed by atoms with Crippen molar-refractivity contribution in [2.45, 2.75) is 6.92 Å². The van der Waals surface area contributed by atoms with Crippen molar-refractivity contribution < 1.29 is 9.84 Å². The number of hydrogen-bond acceptors (Lipinski definition) is 2. The predicted molar refractivity (Wildman–Crippen MR) is 74.8 cm³/mol. The summed E-state index contributed by atoms with van der Waals surface area (Å²) in [6.45, 7) is 2.07. The van der Waals surface area contributed by atoms with E-state index in [2.05, 4.69) is 19.1 Å². The van der Waals surface area contributed by atoms with Crippen molar-refractivity contribution in [3.8, 4) is 11.5 Å². The molecule has 18 heavy (non-hydrogen) atoms. The van der Waals surface area contributed by atoms with Crippen LogP contribution in [0.25, 0.3) is 12.2 Å². The Bertz CT molecular complexity index is 571. The quantitative estimate of drug-likeness (QED) is 0.825. The Balaban J connectivity index is 2.21. The summed E-state index contributed by atoms with van der Waals surface area (Å²) in [5.41, 5.74) is 3.31. The molecule has 0 saturated carbocycles. The van der Waals surface area contributed by atoms with Gasteiger partial charge in [0.05, 0.1) is 7.11 Å². The third-order valence-corrected chi connectivity index (χ3v) is 2.71. The highest BCUT2D eigenvalue weighted by Crippen LogP contribution is 2.26. The summed E-state index contributed by atoms with van der Waals surface area (Å²) in [6, 6.07) is 13.6. The first kappa shape index (κ1) is 12.2. The standard InChI is InChI=1S/C16H16O2/c1-12-4-3-5-13(10-12)6-7-14-8-9-16(18-2)15(17)11-14/h3-11,17H,1-2H3/b7-6+. The summed E-state index contributed by atoms with van der Waals surface area (Å²) in [6.07, 6.45) is 3.99. The zero-order chi connectivity index (χ0) is 13.0. The molecule has 92 valence electrons. The van der Waals surface area contributed by atoms with E-state index in [1.165, 1.54) is 12.7 Å². The van der Waals surface area contributed by atoms with E-state index < -0.39 is 0 Å². The lowest BCUT2D eigenvalue weighted by Gasteiger charge is -2.03. The SMILES string of the molecule is COc1ccc(/C=C/c2cccc(C)c2)cc1O. The van der Waals surface area contributed by atoms with E-state index in [-0.39, 0.29) is 5.75 Å². The molecule has 2 aromatic rings. The number of hydrogen-bond donors (Lipinski definition) is 1. The van der Waals surface area contributed by atoms with Crippen LogP contribution in [0.5, 0.6) is 11.5 Å². The maximum Gasteiger partial charge on any atom is 0.160 e. The number of aromatic hydroxyl groups is 1. The summed E-state index contributed by atoms with van der Waals surface area (Å²) < 4.78 is 5.00. The average Bonchev–Trinajstić information content (AvgIpc) is 2.37. The van der Waals surface area contributed by atoms with Crippen molar-refractivity contribution in [1.29, 1.82) is 0 Å². The number of methoxy groups -OCH3 is 1. The Hall–Kier alpha value is -2.22. The van der Waals surface area contributed by atoms with E-state index >= 15 is 0 Å². The van der Waals surface area contributed by atoms with Gasteiger partial charge in [-0.05, 0) is 30.2 Å². The van der Waals surface area contributed by atoms with Gasteiger partial charge in [0.1, 0.15) is 0 Å². The minimum Gasteiger partial charge on any atom is -0.504 e. The van der Waals surface area contributed by atoms with Gasteiger partial charge in [-0.2, -0.15) is 0 Å². The van der Waals surface area contributed by atoms with E-state index in [1.807, 2.05) is 30.4 Å². The molecule has 0 aliphatic rings. The van der Waals surface area contributed by atoms with Crippen LogP contribution in [0.4, 0.5) is 0 Å². The van der Waals surface area contributed by atoms with Crippen LogP contribution in [0.3, 0.4) is 0 Å². The van der Waals surface area contributed by atoms with Gasteiger partial charge in [0.25, 0.3) is 0 Å². The number of phenols is 1. The highest BCUT2D eigenvalue weighted by Gasteiger charge is 1.99. The Labute approximate surface area is 107 Å². The molecule has 2 heteroatoms. The van der Waals surface area contributed by atoms with Crippen LogP contribution in [0, 0.1) is 6.92 Å². The zero-order valence-electron chi connectivity index (χ0n) is 10.6. The first-order valence-corrected chi connectivity index (χ1v) is 5.81. The highest BCUT2D eigenvalue weighted by molar-refractivity contribution is 5.71. The molecule has 0 amide bonds. The lowest BCUT2D eigenvalue weighted by molar-refractivity contribution is 0.373. The lowest BCUT2D eigenvalue weighted by atomic mass is 10.1. The second kappa shape index (κ2) is 5.41. The molecule has 1 N–H and O–H groups in total. The molecule has 0 aliphatic carbocycles. The summed E-state index contributed by atoms with van der Waals surface area (Å²) in [4.78, 5) is 0. The van der Waals surface area contributed by atoms with Gasteiger partial charge in [0.15, 0.2) is 11.5 Å². The van der Waals surface area contributed by atoms with Gasteiger partial charge in [-0.15, -0.1) is 0 Å². The molecule has 2 rings (SSSR count). The fraction of sp³-hybridized carbons (Fsp3) is 0.125. The minimum absolute atomic E-state index is 0.156. The van der Waals surface area contributed by atoms with Gasteiger partial charge in [0, 0.05) is 0 Å². The van der Waals surface area contributed by atoms with Gasteiger partial charge in [-0.3, -0.25) is 0 Å². The van der Waals surface area contributed by atoms with Crippen LogP contribution >= 0.6 is 0 Å². The first-order chi connectivity index (χ1) is 8.69. The van der Waals surface area contributed by atoms with E-state index in [1.54, 1.807) is 12.1 Å². The van der Waals surface area contributed by atoms with E-state index in [0.29, 0.717) is 5.75 Å². The van der Waals surface area contributed by atoms with Crippen molar-refractivity contribution in [1.82, 2.24) is 0 Å². The Morgan fingerprint density at radius 1 is 1.00 bits per heavy atom. The van der Waals surface area contributed by atoms with Gasteiger partial charge in [-0.1, -0.05) is 48.0 Å². The monoisotopic (exact) mass is 240 g/mol. The largest absolute Gasteiger partial charge is 0.504 e. The highest BCUT2D eigenvalue weighted by atomic mass is 16.5. The molecule has 0 aliphatic heterocycles. The fourth-order valence-corrected chi connectivity index (χ4v) is 1.78. The van der Waals surface area contributed by atoms with Crippen LogP contribution in [0.15, 0.2) is 42.5 Å². The second-order valence-electron chi connectivity index (χ2n) is 4.18. The van der Waals surface area contributed by atoms with Gasteiger partial charge in [0.2, 0.25) is 0 Å². The number of ether oxygens (including phenoxy) is 1. The average molecular weight is 240 g/mol. The van der Waals surface area contributed by atoms with Crippen LogP contribution < -0.4 is 4.74 Å². The summed E-state index contributed by atoms with van der Waals surface area (Å²) in [5.74, 6) is 0.645. The molecule has 2 nitrogen and oxygen atoms in total. The maximum absolute atomic E-state index is 9.67. The topological polar surface area (TPSA) is 29.5 Å². The van der Waals surface area contributed by atoms with Gasteiger partial charge < -0.3 is 9.84 Å². The maximum atomic E-state index is 9.67. The summed E-state index contributed by atoms with van der Waals surface area (Å²) in [7, 11) is 1.54. The first-order valence-electron chi connectivity index (χ1n) is 5.81. The molecular formula is C16H16O2. The fourth-order valence-electron chi connectivity index (χ4n) is 1.78. The molecule has 0 radical (unpaired) electrons. The molecule has 0 atom stereocenters. The normalized spacial score (nSPS) is 10.8. The van der Waals surface area contributed by atoms with E-state index in [4.69, 9.17) is 4.74 Å². The predicted octanol–water partition coefficient (Wildman–Crippen LogP) is 3.88. The molecule has 0 unspecified atom stereocenters. The molecule has 0 aromatic heterocycles. The number of benzene rings is 2. The van der Waals surface area contributed by atoms with E-state index in [9.17, 15) is 5.11 Å². The molecule has 2 aromatic carbocycles. The number of rotatable bonds is 3. The number of phenolic OH excluding ortho intramolecular Hbond substituents is 1. The van der Waals surface area contributed by atoms with Gasteiger partial charge >= 0.3 is 0 Å². The summed E-state index contributed by atoms with van der Waals surface area (Å²) >= 11 is 0. The summed E-state index contributed by atoms with van der Waals surface area (Å²) in [5, 5.41) is 9.67. The van der Waals surface area contributed by atoms with Crippen LogP contribution in [0.2, 0.25) is 0 Å². The Morgan fingerprint density at radius 2 is 1.72 bits per heavy atom. The van der Waals surface area contributed by atoms with Gasteiger partial charge in [-0.25, -0.2) is 0 Å². The third kappa shape index (κ3) is 2.92. The Morgan fingerprint density at radius 3 is 2.33 bits per heavy atom. The molecule has 0 bridgehead atoms. The lowest BCUT2D eigenvalue weighted by Crippen LogP contribution is -1.83.